The van der Waals surface area contributed by atoms with Crippen molar-refractivity contribution < 1.29 is 13.9 Å². The summed E-state index contributed by atoms with van der Waals surface area (Å²) in [5.41, 5.74) is 0.705. The van der Waals surface area contributed by atoms with Crippen LogP contribution in [0.5, 0.6) is 0 Å². The van der Waals surface area contributed by atoms with Crippen molar-refractivity contribution in [2.75, 3.05) is 26.3 Å². The molecule has 2 heterocycles. The number of ether oxygens (including phenoxy) is 1. The van der Waals surface area contributed by atoms with Crippen LogP contribution >= 0.6 is 0 Å². The van der Waals surface area contributed by atoms with Crippen LogP contribution in [0.15, 0.2) is 39.5 Å². The summed E-state index contributed by atoms with van der Waals surface area (Å²) in [5, 5.41) is 4.13. The van der Waals surface area contributed by atoms with Crippen molar-refractivity contribution in [2.24, 2.45) is 5.92 Å². The second kappa shape index (κ2) is 7.44. The van der Waals surface area contributed by atoms with Crippen molar-refractivity contribution in [1.82, 2.24) is 14.7 Å². The summed E-state index contributed by atoms with van der Waals surface area (Å²) in [6.07, 6.45) is 0.964. The number of carbonyl (C=O) groups excluding carboxylic acids is 1. The fourth-order valence-electron chi connectivity index (χ4n) is 2.78. The molecule has 1 aliphatic heterocycles. The highest BCUT2D eigenvalue weighted by molar-refractivity contribution is 5.75. The van der Waals surface area contributed by atoms with Gasteiger partial charge in [-0.05, 0) is 25.5 Å². The van der Waals surface area contributed by atoms with Crippen molar-refractivity contribution in [1.29, 1.82) is 0 Å². The van der Waals surface area contributed by atoms with Gasteiger partial charge in [0.2, 0.25) is 11.8 Å². The summed E-state index contributed by atoms with van der Waals surface area (Å²) in [6.45, 7) is 4.48. The molecule has 7 nitrogen and oxygen atoms in total. The lowest BCUT2D eigenvalue weighted by atomic mass is 10.1. The Kier molecular flexibility index (Phi) is 5.10. The van der Waals surface area contributed by atoms with Crippen molar-refractivity contribution >= 4 is 5.91 Å². The van der Waals surface area contributed by atoms with E-state index in [4.69, 9.17) is 9.15 Å². The molecular formula is C17H21N3O4. The maximum Gasteiger partial charge on any atom is 0.437 e. The molecule has 0 spiro atoms. The largest absolute Gasteiger partial charge is 0.437 e. The van der Waals surface area contributed by atoms with Gasteiger partial charge in [-0.1, -0.05) is 18.2 Å². The minimum atomic E-state index is -0.623. The van der Waals surface area contributed by atoms with Gasteiger partial charge < -0.3 is 14.1 Å². The Labute approximate surface area is 139 Å². The molecule has 0 aliphatic carbocycles. The first-order valence-corrected chi connectivity index (χ1v) is 8.16. The van der Waals surface area contributed by atoms with E-state index in [1.165, 1.54) is 0 Å². The smallest absolute Gasteiger partial charge is 0.388 e. The number of hydrogen-bond donors (Lipinski definition) is 0. The van der Waals surface area contributed by atoms with E-state index < -0.39 is 5.76 Å². The lowest BCUT2D eigenvalue weighted by molar-refractivity contribution is -0.132. The van der Waals surface area contributed by atoms with Gasteiger partial charge in [-0.3, -0.25) is 4.79 Å². The van der Waals surface area contributed by atoms with Crippen molar-refractivity contribution in [3.05, 3.63) is 40.9 Å². The van der Waals surface area contributed by atoms with E-state index in [0.717, 1.165) is 17.7 Å². The molecule has 1 aromatic heterocycles. The Morgan fingerprint density at radius 2 is 2.17 bits per heavy atom. The van der Waals surface area contributed by atoms with Crippen LogP contribution in [0, 0.1) is 5.92 Å². The molecule has 128 valence electrons. The van der Waals surface area contributed by atoms with Gasteiger partial charge in [0.05, 0.1) is 6.61 Å². The zero-order chi connectivity index (χ0) is 16.9. The SMILES string of the molecule is CCN(C[C@H]1CCOC1)C(=O)Cn1nc(-c2ccccc2)oc1=O. The summed E-state index contributed by atoms with van der Waals surface area (Å²) in [7, 11) is 0. The molecule has 1 aliphatic rings. The van der Waals surface area contributed by atoms with Crippen LogP contribution in [0.25, 0.3) is 11.5 Å². The maximum absolute atomic E-state index is 12.5. The molecular weight excluding hydrogens is 310 g/mol. The summed E-state index contributed by atoms with van der Waals surface area (Å²) in [6, 6.07) is 9.14. The predicted octanol–water partition coefficient (Wildman–Crippen LogP) is 1.39. The van der Waals surface area contributed by atoms with Gasteiger partial charge in [-0.15, -0.1) is 5.10 Å². The lowest BCUT2D eigenvalue weighted by Gasteiger charge is -2.23. The van der Waals surface area contributed by atoms with Crippen LogP contribution in [0.1, 0.15) is 13.3 Å². The predicted molar refractivity (Wildman–Crippen MR) is 87.4 cm³/mol. The van der Waals surface area contributed by atoms with Gasteiger partial charge in [0.15, 0.2) is 0 Å². The quantitative estimate of drug-likeness (QED) is 0.799. The first-order chi connectivity index (χ1) is 11.7. The average Bonchev–Trinajstić information content (AvgIpc) is 3.23. The molecule has 3 rings (SSSR count). The van der Waals surface area contributed by atoms with Crippen molar-refractivity contribution in [2.45, 2.75) is 19.9 Å². The second-order valence-corrected chi connectivity index (χ2v) is 5.86. The molecule has 0 bridgehead atoms. The van der Waals surface area contributed by atoms with Gasteiger partial charge in [0, 0.05) is 31.2 Å². The van der Waals surface area contributed by atoms with E-state index in [1.807, 2.05) is 25.1 Å². The van der Waals surface area contributed by atoms with E-state index in [9.17, 15) is 9.59 Å². The van der Waals surface area contributed by atoms with Gasteiger partial charge in [0.25, 0.3) is 0 Å². The molecule has 0 unspecified atom stereocenters. The molecule has 0 radical (unpaired) electrons. The van der Waals surface area contributed by atoms with E-state index in [0.29, 0.717) is 31.2 Å². The van der Waals surface area contributed by atoms with Gasteiger partial charge in [0.1, 0.15) is 6.54 Å². The summed E-state index contributed by atoms with van der Waals surface area (Å²) < 4.78 is 11.6. The van der Waals surface area contributed by atoms with Crippen molar-refractivity contribution in [3.8, 4) is 11.5 Å². The molecule has 7 heteroatoms. The molecule has 1 fully saturated rings. The Morgan fingerprint density at radius 3 is 2.83 bits per heavy atom. The number of carbonyl (C=O) groups is 1. The highest BCUT2D eigenvalue weighted by atomic mass is 16.5. The number of rotatable bonds is 6. The molecule has 1 aromatic carbocycles. The zero-order valence-corrected chi connectivity index (χ0v) is 13.7. The maximum atomic E-state index is 12.5. The van der Waals surface area contributed by atoms with Gasteiger partial charge in [-0.25, -0.2) is 4.79 Å². The van der Waals surface area contributed by atoms with E-state index in [-0.39, 0.29) is 18.3 Å². The topological polar surface area (TPSA) is 77.6 Å². The fraction of sp³-hybridized carbons (Fsp3) is 0.471. The number of benzene rings is 1. The highest BCUT2D eigenvalue weighted by Crippen LogP contribution is 2.15. The Bertz CT molecular complexity index is 732. The molecule has 1 amide bonds. The van der Waals surface area contributed by atoms with Crippen molar-refractivity contribution in [3.63, 3.8) is 0 Å². The number of amides is 1. The minimum Gasteiger partial charge on any atom is -0.388 e. The lowest BCUT2D eigenvalue weighted by Crippen LogP contribution is -2.39. The Morgan fingerprint density at radius 1 is 1.38 bits per heavy atom. The molecule has 2 aromatic rings. The van der Waals surface area contributed by atoms with Crippen LogP contribution in [-0.2, 0) is 16.1 Å². The van der Waals surface area contributed by atoms with Crippen LogP contribution in [-0.4, -0.2) is 46.9 Å². The van der Waals surface area contributed by atoms with Gasteiger partial charge in [-0.2, -0.15) is 4.68 Å². The molecule has 0 N–H and O–H groups in total. The molecule has 24 heavy (non-hydrogen) atoms. The van der Waals surface area contributed by atoms with Crippen LogP contribution in [0.3, 0.4) is 0 Å². The van der Waals surface area contributed by atoms with E-state index in [2.05, 4.69) is 5.10 Å². The fourth-order valence-corrected chi connectivity index (χ4v) is 2.78. The van der Waals surface area contributed by atoms with E-state index in [1.54, 1.807) is 17.0 Å². The number of likely N-dealkylation sites (N-methyl/N-ethyl adjacent to an activating group) is 1. The molecule has 0 saturated carbocycles. The summed E-state index contributed by atoms with van der Waals surface area (Å²) in [5.74, 6) is -0.176. The molecule has 1 atom stereocenters. The third-order valence-corrected chi connectivity index (χ3v) is 4.15. The average molecular weight is 331 g/mol. The first kappa shape index (κ1) is 16.4. The summed E-state index contributed by atoms with van der Waals surface area (Å²) >= 11 is 0. The number of aromatic nitrogens is 2. The zero-order valence-electron chi connectivity index (χ0n) is 13.7. The monoisotopic (exact) mass is 331 g/mol. The number of hydrogen-bond acceptors (Lipinski definition) is 5. The Hall–Kier alpha value is -2.41. The first-order valence-electron chi connectivity index (χ1n) is 8.16. The van der Waals surface area contributed by atoms with Crippen LogP contribution in [0.4, 0.5) is 0 Å². The summed E-state index contributed by atoms with van der Waals surface area (Å²) in [4.78, 5) is 26.2. The standard InChI is InChI=1S/C17H21N3O4/c1-2-19(10-13-8-9-23-12-13)15(21)11-20-17(22)24-16(18-20)14-6-4-3-5-7-14/h3-7,13H,2,8-12H2,1H3/t13-/m1/s1. The molecule has 1 saturated heterocycles. The second-order valence-electron chi connectivity index (χ2n) is 5.86. The van der Waals surface area contributed by atoms with Crippen LogP contribution < -0.4 is 5.76 Å². The Balaban J connectivity index is 1.69. The third-order valence-electron chi connectivity index (χ3n) is 4.15. The number of nitrogens with zero attached hydrogens (tertiary/aromatic N) is 3. The minimum absolute atomic E-state index is 0.114. The third kappa shape index (κ3) is 3.73. The van der Waals surface area contributed by atoms with Gasteiger partial charge >= 0.3 is 5.76 Å². The van der Waals surface area contributed by atoms with E-state index >= 15 is 0 Å². The van der Waals surface area contributed by atoms with Crippen LogP contribution in [0.2, 0.25) is 0 Å². The normalized spacial score (nSPS) is 17.1. The highest BCUT2D eigenvalue weighted by Gasteiger charge is 2.23.